The number of ether oxygens (including phenoxy) is 1. The van der Waals surface area contributed by atoms with Crippen LogP contribution in [-0.4, -0.2) is 25.9 Å². The Morgan fingerprint density at radius 2 is 1.90 bits per heavy atom. The van der Waals surface area contributed by atoms with Crippen LogP contribution in [0.4, 0.5) is 4.39 Å². The standard InChI is InChI=1S/C21H16ClFN4O3/c1-12-5-3-4-6-16(12)20-24-17(30-26-20)11-29-21(28)18-13(2)25-27(19(18)22)15-9-7-14(23)8-10-15/h3-10H,11H2,1-2H3. The first-order chi connectivity index (χ1) is 14.4. The van der Waals surface area contributed by atoms with Gasteiger partial charge in [0.2, 0.25) is 5.82 Å². The molecule has 0 amide bonds. The molecule has 0 radical (unpaired) electrons. The minimum Gasteiger partial charge on any atom is -0.452 e. The number of nitrogens with zero attached hydrogens (tertiary/aromatic N) is 4. The molecular formula is C21H16ClFN4O3. The maximum Gasteiger partial charge on any atom is 0.343 e. The van der Waals surface area contributed by atoms with Crippen molar-refractivity contribution in [2.75, 3.05) is 0 Å². The molecule has 0 aliphatic heterocycles. The second-order valence-electron chi connectivity index (χ2n) is 6.54. The summed E-state index contributed by atoms with van der Waals surface area (Å²) in [5.41, 5.74) is 2.83. The van der Waals surface area contributed by atoms with Gasteiger partial charge in [0.1, 0.15) is 16.5 Å². The van der Waals surface area contributed by atoms with Gasteiger partial charge in [0.15, 0.2) is 6.61 Å². The molecule has 0 spiro atoms. The third-order valence-electron chi connectivity index (χ3n) is 4.46. The third kappa shape index (κ3) is 3.81. The number of hydrogen-bond donors (Lipinski definition) is 0. The van der Waals surface area contributed by atoms with E-state index >= 15 is 0 Å². The highest BCUT2D eigenvalue weighted by Gasteiger charge is 2.23. The number of halogens is 2. The second kappa shape index (κ2) is 8.08. The molecule has 0 N–H and O–H groups in total. The van der Waals surface area contributed by atoms with E-state index in [4.69, 9.17) is 20.9 Å². The van der Waals surface area contributed by atoms with Crippen LogP contribution in [-0.2, 0) is 11.3 Å². The molecule has 2 heterocycles. The van der Waals surface area contributed by atoms with E-state index in [9.17, 15) is 9.18 Å². The van der Waals surface area contributed by atoms with Gasteiger partial charge in [-0.3, -0.25) is 0 Å². The van der Waals surface area contributed by atoms with Gasteiger partial charge in [-0.15, -0.1) is 0 Å². The fourth-order valence-electron chi connectivity index (χ4n) is 2.93. The first-order valence-corrected chi connectivity index (χ1v) is 9.38. The molecule has 0 atom stereocenters. The van der Waals surface area contributed by atoms with E-state index in [2.05, 4.69) is 15.2 Å². The summed E-state index contributed by atoms with van der Waals surface area (Å²) >= 11 is 6.34. The Balaban J connectivity index is 1.50. The minimum absolute atomic E-state index is 0.0650. The summed E-state index contributed by atoms with van der Waals surface area (Å²) in [5, 5.41) is 8.25. The predicted octanol–water partition coefficient (Wildman–Crippen LogP) is 4.69. The summed E-state index contributed by atoms with van der Waals surface area (Å²) in [6.07, 6.45) is 0. The first-order valence-electron chi connectivity index (χ1n) is 9.01. The zero-order chi connectivity index (χ0) is 21.3. The van der Waals surface area contributed by atoms with Crippen molar-refractivity contribution >= 4 is 17.6 Å². The lowest BCUT2D eigenvalue weighted by Crippen LogP contribution is -2.07. The number of rotatable bonds is 5. The van der Waals surface area contributed by atoms with Crippen LogP contribution in [0.2, 0.25) is 5.15 Å². The highest BCUT2D eigenvalue weighted by Crippen LogP contribution is 2.25. The molecule has 4 rings (SSSR count). The lowest BCUT2D eigenvalue weighted by molar-refractivity contribution is 0.0429. The number of carbonyl (C=O) groups is 1. The monoisotopic (exact) mass is 426 g/mol. The van der Waals surface area contributed by atoms with Gasteiger partial charge in [-0.2, -0.15) is 10.1 Å². The summed E-state index contributed by atoms with van der Waals surface area (Å²) < 4.78 is 25.0. The van der Waals surface area contributed by atoms with E-state index in [-0.39, 0.29) is 29.0 Å². The molecule has 0 aliphatic carbocycles. The van der Waals surface area contributed by atoms with Crippen LogP contribution in [0.15, 0.2) is 53.1 Å². The normalized spacial score (nSPS) is 10.9. The van der Waals surface area contributed by atoms with Crippen LogP contribution >= 0.6 is 11.6 Å². The maximum absolute atomic E-state index is 13.2. The van der Waals surface area contributed by atoms with Crippen molar-refractivity contribution in [3.63, 3.8) is 0 Å². The number of benzene rings is 2. The van der Waals surface area contributed by atoms with Crippen LogP contribution < -0.4 is 0 Å². The molecule has 0 bridgehead atoms. The Kier molecular flexibility index (Phi) is 5.33. The van der Waals surface area contributed by atoms with Crippen molar-refractivity contribution < 1.29 is 18.4 Å². The Morgan fingerprint density at radius 3 is 2.63 bits per heavy atom. The topological polar surface area (TPSA) is 83.0 Å². The molecular weight excluding hydrogens is 411 g/mol. The Morgan fingerprint density at radius 1 is 1.17 bits per heavy atom. The van der Waals surface area contributed by atoms with Crippen molar-refractivity contribution in [3.05, 3.63) is 82.2 Å². The zero-order valence-electron chi connectivity index (χ0n) is 16.1. The summed E-state index contributed by atoms with van der Waals surface area (Å²) in [6, 6.07) is 13.2. The number of hydrogen-bond acceptors (Lipinski definition) is 6. The fourth-order valence-corrected chi connectivity index (χ4v) is 3.28. The highest BCUT2D eigenvalue weighted by atomic mass is 35.5. The molecule has 9 heteroatoms. The summed E-state index contributed by atoms with van der Waals surface area (Å²) in [4.78, 5) is 16.8. The van der Waals surface area contributed by atoms with E-state index in [0.29, 0.717) is 17.2 Å². The van der Waals surface area contributed by atoms with Gasteiger partial charge >= 0.3 is 5.97 Å². The van der Waals surface area contributed by atoms with Crippen LogP contribution in [0.3, 0.4) is 0 Å². The molecule has 0 aliphatic rings. The lowest BCUT2D eigenvalue weighted by atomic mass is 10.1. The summed E-state index contributed by atoms with van der Waals surface area (Å²) in [5.74, 6) is -0.497. The predicted molar refractivity (Wildman–Crippen MR) is 107 cm³/mol. The number of esters is 1. The van der Waals surface area contributed by atoms with Gasteiger partial charge in [-0.05, 0) is 43.7 Å². The number of carbonyl (C=O) groups excluding carboxylic acids is 1. The maximum atomic E-state index is 13.2. The van der Waals surface area contributed by atoms with Gasteiger partial charge in [0.25, 0.3) is 5.89 Å². The quantitative estimate of drug-likeness (QED) is 0.430. The molecule has 30 heavy (non-hydrogen) atoms. The van der Waals surface area contributed by atoms with Crippen molar-refractivity contribution in [2.45, 2.75) is 20.5 Å². The lowest BCUT2D eigenvalue weighted by Gasteiger charge is -2.04. The van der Waals surface area contributed by atoms with Crippen molar-refractivity contribution in [2.24, 2.45) is 0 Å². The van der Waals surface area contributed by atoms with Crippen molar-refractivity contribution in [1.29, 1.82) is 0 Å². The molecule has 7 nitrogen and oxygen atoms in total. The minimum atomic E-state index is -0.679. The largest absolute Gasteiger partial charge is 0.452 e. The number of aryl methyl sites for hydroxylation is 2. The van der Waals surface area contributed by atoms with Gasteiger partial charge < -0.3 is 9.26 Å². The molecule has 0 unspecified atom stereocenters. The van der Waals surface area contributed by atoms with E-state index in [0.717, 1.165) is 11.1 Å². The SMILES string of the molecule is Cc1ccccc1-c1noc(COC(=O)c2c(C)nn(-c3ccc(F)cc3)c2Cl)n1. The smallest absolute Gasteiger partial charge is 0.343 e. The van der Waals surface area contributed by atoms with E-state index in [1.165, 1.54) is 28.9 Å². The summed E-state index contributed by atoms with van der Waals surface area (Å²) in [6.45, 7) is 3.36. The van der Waals surface area contributed by atoms with Crippen LogP contribution in [0.25, 0.3) is 17.1 Å². The van der Waals surface area contributed by atoms with Crippen molar-refractivity contribution in [3.8, 4) is 17.1 Å². The average Bonchev–Trinajstić information content (AvgIpc) is 3.31. The van der Waals surface area contributed by atoms with Gasteiger partial charge in [-0.1, -0.05) is 41.0 Å². The van der Waals surface area contributed by atoms with Gasteiger partial charge in [0.05, 0.1) is 11.4 Å². The zero-order valence-corrected chi connectivity index (χ0v) is 16.9. The average molecular weight is 427 g/mol. The first kappa shape index (κ1) is 19.8. The Bertz CT molecular complexity index is 1220. The molecule has 2 aromatic carbocycles. The molecule has 2 aromatic heterocycles. The van der Waals surface area contributed by atoms with Crippen molar-refractivity contribution in [1.82, 2.24) is 19.9 Å². The molecule has 152 valence electrons. The van der Waals surface area contributed by atoms with Crippen LogP contribution in [0, 0.1) is 19.7 Å². The van der Waals surface area contributed by atoms with Gasteiger partial charge in [0, 0.05) is 5.56 Å². The molecule has 0 saturated carbocycles. The Hall–Kier alpha value is -3.52. The Labute approximate surface area is 176 Å². The van der Waals surface area contributed by atoms with Crippen LogP contribution in [0.5, 0.6) is 0 Å². The van der Waals surface area contributed by atoms with E-state index in [1.807, 2.05) is 31.2 Å². The van der Waals surface area contributed by atoms with Gasteiger partial charge in [-0.25, -0.2) is 13.9 Å². The molecule has 4 aromatic rings. The second-order valence-corrected chi connectivity index (χ2v) is 6.90. The highest BCUT2D eigenvalue weighted by molar-refractivity contribution is 6.33. The van der Waals surface area contributed by atoms with E-state index < -0.39 is 5.97 Å². The van der Waals surface area contributed by atoms with E-state index in [1.54, 1.807) is 6.92 Å². The third-order valence-corrected chi connectivity index (χ3v) is 4.81. The number of aromatic nitrogens is 4. The fraction of sp³-hybridized carbons (Fsp3) is 0.143. The molecule has 0 saturated heterocycles. The van der Waals surface area contributed by atoms with Crippen LogP contribution in [0.1, 0.15) is 27.5 Å². The summed E-state index contributed by atoms with van der Waals surface area (Å²) in [7, 11) is 0. The molecule has 0 fully saturated rings.